The van der Waals surface area contributed by atoms with Gasteiger partial charge in [-0.15, -0.1) is 0 Å². The van der Waals surface area contributed by atoms with E-state index in [1.54, 1.807) is 0 Å². The molecule has 0 heterocycles. The summed E-state index contributed by atoms with van der Waals surface area (Å²) >= 11 is 0. The van der Waals surface area contributed by atoms with Crippen molar-refractivity contribution >= 4 is 6.08 Å². The third-order valence-electron chi connectivity index (χ3n) is 3.23. The van der Waals surface area contributed by atoms with Gasteiger partial charge in [-0.05, 0) is 58.4 Å². The lowest BCUT2D eigenvalue weighted by molar-refractivity contribution is 0.696. The molecule has 0 amide bonds. The average Bonchev–Trinajstić information content (AvgIpc) is 2.21. The zero-order valence-corrected chi connectivity index (χ0v) is 11.3. The lowest BCUT2D eigenvalue weighted by Gasteiger charge is -2.13. The second kappa shape index (κ2) is 5.31. The molecular formula is C15H23N. The summed E-state index contributed by atoms with van der Waals surface area (Å²) in [5.74, 6) is 0. The van der Waals surface area contributed by atoms with E-state index < -0.39 is 0 Å². The average molecular weight is 217 g/mol. The molecular weight excluding hydrogens is 194 g/mol. The van der Waals surface area contributed by atoms with Gasteiger partial charge in [0.25, 0.3) is 0 Å². The Bertz CT molecular complexity index is 379. The molecule has 16 heavy (non-hydrogen) atoms. The van der Waals surface area contributed by atoms with Crippen LogP contribution >= 0.6 is 0 Å². The number of nitrogens with one attached hydrogen (secondary N) is 1. The summed E-state index contributed by atoms with van der Waals surface area (Å²) in [6, 6.07) is 4.92. The third kappa shape index (κ3) is 2.96. The summed E-state index contributed by atoms with van der Waals surface area (Å²) in [5, 5.41) is 3.27. The van der Waals surface area contributed by atoms with Crippen molar-refractivity contribution in [3.05, 3.63) is 40.0 Å². The standard InChI is InChI=1S/C15H23N/c1-10-7-12(3)15(13(4)8-10)9-11(2)14(5)16-6/h7-9,14,16H,1-6H3. The van der Waals surface area contributed by atoms with E-state index in [2.05, 4.69) is 58.1 Å². The van der Waals surface area contributed by atoms with Gasteiger partial charge in [0.2, 0.25) is 0 Å². The Labute approximate surface area is 99.6 Å². The molecule has 0 radical (unpaired) electrons. The smallest absolute Gasteiger partial charge is 0.0248 e. The molecule has 0 aromatic heterocycles. The third-order valence-corrected chi connectivity index (χ3v) is 3.23. The van der Waals surface area contributed by atoms with Crippen molar-refractivity contribution in [1.82, 2.24) is 5.32 Å². The van der Waals surface area contributed by atoms with E-state index in [9.17, 15) is 0 Å². The predicted octanol–water partition coefficient (Wildman–Crippen LogP) is 3.62. The highest BCUT2D eigenvalue weighted by Gasteiger charge is 2.04. The molecule has 0 fully saturated rings. The van der Waals surface area contributed by atoms with Gasteiger partial charge in [-0.25, -0.2) is 0 Å². The van der Waals surface area contributed by atoms with E-state index in [0.717, 1.165) is 0 Å². The molecule has 1 aromatic rings. The molecule has 88 valence electrons. The number of aryl methyl sites for hydroxylation is 3. The van der Waals surface area contributed by atoms with E-state index in [-0.39, 0.29) is 0 Å². The number of benzene rings is 1. The number of likely N-dealkylation sites (N-methyl/N-ethyl adjacent to an activating group) is 1. The van der Waals surface area contributed by atoms with Gasteiger partial charge >= 0.3 is 0 Å². The lowest BCUT2D eigenvalue weighted by Crippen LogP contribution is -2.22. The van der Waals surface area contributed by atoms with Gasteiger partial charge in [-0.2, -0.15) is 0 Å². The summed E-state index contributed by atoms with van der Waals surface area (Å²) in [5.41, 5.74) is 6.80. The monoisotopic (exact) mass is 217 g/mol. The fraction of sp³-hybridized carbons (Fsp3) is 0.467. The van der Waals surface area contributed by atoms with Crippen LogP contribution in [-0.2, 0) is 0 Å². The van der Waals surface area contributed by atoms with Crippen LogP contribution in [0, 0.1) is 20.8 Å². The van der Waals surface area contributed by atoms with Crippen LogP contribution in [0.5, 0.6) is 0 Å². The maximum atomic E-state index is 3.27. The van der Waals surface area contributed by atoms with Gasteiger partial charge < -0.3 is 5.32 Å². The molecule has 1 N–H and O–H groups in total. The second-order valence-electron chi connectivity index (χ2n) is 4.71. The minimum Gasteiger partial charge on any atom is -0.314 e. The molecule has 0 aliphatic rings. The van der Waals surface area contributed by atoms with E-state index in [4.69, 9.17) is 0 Å². The van der Waals surface area contributed by atoms with Gasteiger partial charge in [0, 0.05) is 6.04 Å². The summed E-state index contributed by atoms with van der Waals surface area (Å²) in [7, 11) is 2.00. The fourth-order valence-corrected chi connectivity index (χ4v) is 2.00. The first-order valence-corrected chi connectivity index (χ1v) is 5.89. The Hall–Kier alpha value is -1.08. The molecule has 1 heteroatoms. The SMILES string of the molecule is CNC(C)C(C)=Cc1c(C)cc(C)cc1C. The van der Waals surface area contributed by atoms with E-state index in [1.165, 1.54) is 27.8 Å². The van der Waals surface area contributed by atoms with Crippen LogP contribution in [0.1, 0.15) is 36.1 Å². The van der Waals surface area contributed by atoms with E-state index >= 15 is 0 Å². The molecule has 1 nitrogen and oxygen atoms in total. The Morgan fingerprint density at radius 2 is 1.69 bits per heavy atom. The zero-order valence-electron chi connectivity index (χ0n) is 11.3. The van der Waals surface area contributed by atoms with Gasteiger partial charge in [0.1, 0.15) is 0 Å². The number of hydrogen-bond acceptors (Lipinski definition) is 1. The van der Waals surface area contributed by atoms with Crippen molar-refractivity contribution < 1.29 is 0 Å². The summed E-state index contributed by atoms with van der Waals surface area (Å²) in [4.78, 5) is 0. The summed E-state index contributed by atoms with van der Waals surface area (Å²) < 4.78 is 0. The first kappa shape index (κ1) is 13.0. The molecule has 1 unspecified atom stereocenters. The molecule has 1 aromatic carbocycles. The molecule has 0 spiro atoms. The van der Waals surface area contributed by atoms with Crippen molar-refractivity contribution in [3.8, 4) is 0 Å². The summed E-state index contributed by atoms with van der Waals surface area (Å²) in [6.07, 6.45) is 2.30. The van der Waals surface area contributed by atoms with Crippen molar-refractivity contribution in [1.29, 1.82) is 0 Å². The van der Waals surface area contributed by atoms with Crippen LogP contribution in [0.3, 0.4) is 0 Å². The summed E-state index contributed by atoms with van der Waals surface area (Å²) in [6.45, 7) is 10.9. The second-order valence-corrected chi connectivity index (χ2v) is 4.71. The van der Waals surface area contributed by atoms with Crippen LogP contribution in [0.15, 0.2) is 17.7 Å². The van der Waals surface area contributed by atoms with E-state index in [1.807, 2.05) is 7.05 Å². The molecule has 0 saturated heterocycles. The Balaban J connectivity index is 3.15. The minimum absolute atomic E-state index is 0.431. The molecule has 0 aliphatic carbocycles. The maximum Gasteiger partial charge on any atom is 0.0248 e. The lowest BCUT2D eigenvalue weighted by atomic mass is 9.97. The minimum atomic E-state index is 0.431. The number of rotatable bonds is 3. The highest BCUT2D eigenvalue weighted by atomic mass is 14.9. The quantitative estimate of drug-likeness (QED) is 0.815. The first-order valence-electron chi connectivity index (χ1n) is 5.89. The van der Waals surface area contributed by atoms with Crippen LogP contribution in [0.25, 0.3) is 6.08 Å². The zero-order chi connectivity index (χ0) is 12.3. The Morgan fingerprint density at radius 3 is 2.12 bits per heavy atom. The predicted molar refractivity (Wildman–Crippen MR) is 72.8 cm³/mol. The number of hydrogen-bond donors (Lipinski definition) is 1. The van der Waals surface area contributed by atoms with Crippen molar-refractivity contribution in [2.75, 3.05) is 7.05 Å². The molecule has 1 atom stereocenters. The van der Waals surface area contributed by atoms with Crippen LogP contribution in [-0.4, -0.2) is 13.1 Å². The van der Waals surface area contributed by atoms with Gasteiger partial charge in [-0.3, -0.25) is 0 Å². The molecule has 1 rings (SSSR count). The Kier molecular flexibility index (Phi) is 4.31. The Morgan fingerprint density at radius 1 is 1.19 bits per heavy atom. The van der Waals surface area contributed by atoms with Gasteiger partial charge in [-0.1, -0.05) is 29.3 Å². The molecule has 0 aliphatic heterocycles. The van der Waals surface area contributed by atoms with Crippen molar-refractivity contribution in [3.63, 3.8) is 0 Å². The van der Waals surface area contributed by atoms with Gasteiger partial charge in [0.15, 0.2) is 0 Å². The highest BCUT2D eigenvalue weighted by molar-refractivity contribution is 5.61. The largest absolute Gasteiger partial charge is 0.314 e. The van der Waals surface area contributed by atoms with Crippen LogP contribution in [0.2, 0.25) is 0 Å². The molecule has 0 saturated carbocycles. The molecule has 0 bridgehead atoms. The normalized spacial score (nSPS) is 14.0. The maximum absolute atomic E-state index is 3.27. The van der Waals surface area contributed by atoms with Crippen molar-refractivity contribution in [2.45, 2.75) is 40.7 Å². The van der Waals surface area contributed by atoms with Crippen molar-refractivity contribution in [2.24, 2.45) is 0 Å². The highest BCUT2D eigenvalue weighted by Crippen LogP contribution is 2.20. The van der Waals surface area contributed by atoms with Gasteiger partial charge in [0.05, 0.1) is 0 Å². The first-order chi connectivity index (χ1) is 7.45. The van der Waals surface area contributed by atoms with Crippen LogP contribution in [0.4, 0.5) is 0 Å². The fourth-order valence-electron chi connectivity index (χ4n) is 2.00. The van der Waals surface area contributed by atoms with E-state index in [0.29, 0.717) is 6.04 Å². The topological polar surface area (TPSA) is 12.0 Å². The van der Waals surface area contributed by atoms with Crippen LogP contribution < -0.4 is 5.32 Å².